The van der Waals surface area contributed by atoms with Crippen LogP contribution >= 0.6 is 8.46 Å². The SMILES string of the molecule is CCCCCCCCC(CCCCCC)(CCCCCCCC)P=O. The lowest BCUT2D eigenvalue weighted by atomic mass is 9.88. The lowest BCUT2D eigenvalue weighted by Gasteiger charge is -2.27. The third-order valence-corrected chi connectivity index (χ3v) is 6.74. The van der Waals surface area contributed by atoms with E-state index in [9.17, 15) is 4.57 Å². The van der Waals surface area contributed by atoms with Gasteiger partial charge in [-0.3, -0.25) is 4.57 Å². The molecule has 0 aromatic heterocycles. The predicted molar refractivity (Wildman–Crippen MR) is 115 cm³/mol. The zero-order chi connectivity index (χ0) is 18.6. The largest absolute Gasteiger partial charge is 0.274 e. The van der Waals surface area contributed by atoms with Gasteiger partial charge in [-0.2, -0.15) is 0 Å². The van der Waals surface area contributed by atoms with Gasteiger partial charge in [0.25, 0.3) is 0 Å². The summed E-state index contributed by atoms with van der Waals surface area (Å²) in [4.78, 5) is 0. The molecule has 0 unspecified atom stereocenters. The van der Waals surface area contributed by atoms with Crippen molar-refractivity contribution in [1.29, 1.82) is 0 Å². The number of rotatable bonds is 20. The van der Waals surface area contributed by atoms with Gasteiger partial charge in [-0.25, -0.2) is 0 Å². The molecule has 0 bridgehead atoms. The molecule has 0 saturated heterocycles. The van der Waals surface area contributed by atoms with Gasteiger partial charge in [0.15, 0.2) is 8.46 Å². The quantitative estimate of drug-likeness (QED) is 0.154. The van der Waals surface area contributed by atoms with Gasteiger partial charge in [-0.05, 0) is 19.3 Å². The first-order chi connectivity index (χ1) is 12.2. The zero-order valence-electron chi connectivity index (χ0n) is 17.8. The van der Waals surface area contributed by atoms with Crippen LogP contribution in [0.15, 0.2) is 0 Å². The Hall–Kier alpha value is 0.100. The smallest absolute Gasteiger partial charge is 0.162 e. The van der Waals surface area contributed by atoms with E-state index in [1.54, 1.807) is 0 Å². The summed E-state index contributed by atoms with van der Waals surface area (Å²) >= 11 is 0. The van der Waals surface area contributed by atoms with Gasteiger partial charge in [-0.15, -0.1) is 0 Å². The second kappa shape index (κ2) is 18.9. The van der Waals surface area contributed by atoms with Crippen LogP contribution in [0.2, 0.25) is 0 Å². The maximum atomic E-state index is 12.1. The van der Waals surface area contributed by atoms with Crippen molar-refractivity contribution in [3.8, 4) is 0 Å². The van der Waals surface area contributed by atoms with Crippen LogP contribution in [0.4, 0.5) is 0 Å². The van der Waals surface area contributed by atoms with E-state index < -0.39 is 0 Å². The van der Waals surface area contributed by atoms with Crippen LogP contribution in [0.5, 0.6) is 0 Å². The van der Waals surface area contributed by atoms with Crippen LogP contribution in [-0.4, -0.2) is 5.16 Å². The molecule has 0 aromatic rings. The van der Waals surface area contributed by atoms with E-state index in [4.69, 9.17) is 0 Å². The zero-order valence-corrected chi connectivity index (χ0v) is 18.7. The van der Waals surface area contributed by atoms with Crippen molar-refractivity contribution in [2.45, 2.75) is 148 Å². The van der Waals surface area contributed by atoms with Crippen molar-refractivity contribution >= 4 is 8.46 Å². The molecule has 0 N–H and O–H groups in total. The molecule has 0 spiro atoms. The van der Waals surface area contributed by atoms with E-state index in [1.807, 2.05) is 0 Å². The molecule has 0 aliphatic heterocycles. The minimum absolute atomic E-state index is 0.100. The van der Waals surface area contributed by atoms with Crippen LogP contribution in [0.25, 0.3) is 0 Å². The lowest BCUT2D eigenvalue weighted by Crippen LogP contribution is -2.22. The van der Waals surface area contributed by atoms with E-state index in [1.165, 1.54) is 122 Å². The lowest BCUT2D eigenvalue weighted by molar-refractivity contribution is 0.390. The molecule has 0 fully saturated rings. The molecule has 0 aromatic carbocycles. The van der Waals surface area contributed by atoms with Crippen molar-refractivity contribution in [2.24, 2.45) is 0 Å². The molecule has 25 heavy (non-hydrogen) atoms. The molecule has 0 saturated carbocycles. The van der Waals surface area contributed by atoms with Gasteiger partial charge >= 0.3 is 0 Å². The second-order valence-electron chi connectivity index (χ2n) is 8.16. The van der Waals surface area contributed by atoms with Gasteiger partial charge in [0, 0.05) is 0 Å². The fourth-order valence-electron chi connectivity index (χ4n) is 3.86. The van der Waals surface area contributed by atoms with Crippen molar-refractivity contribution in [1.82, 2.24) is 0 Å². The molecule has 0 radical (unpaired) electrons. The first-order valence-electron chi connectivity index (χ1n) is 11.6. The Balaban J connectivity index is 4.22. The minimum Gasteiger partial charge on any atom is -0.274 e. The molecule has 0 atom stereocenters. The first kappa shape index (κ1) is 25.1. The Labute approximate surface area is 161 Å². The Morgan fingerprint density at radius 2 is 0.760 bits per heavy atom. The Morgan fingerprint density at radius 1 is 0.480 bits per heavy atom. The molecule has 0 heterocycles. The van der Waals surface area contributed by atoms with Gasteiger partial charge in [0.1, 0.15) is 0 Å². The summed E-state index contributed by atoms with van der Waals surface area (Å²) in [6.45, 7) is 6.82. The molecule has 2 heteroatoms. The van der Waals surface area contributed by atoms with Crippen LogP contribution < -0.4 is 0 Å². The highest BCUT2D eigenvalue weighted by Crippen LogP contribution is 2.40. The molecule has 150 valence electrons. The Kier molecular flexibility index (Phi) is 19.0. The topological polar surface area (TPSA) is 17.1 Å². The van der Waals surface area contributed by atoms with Gasteiger partial charge in [-0.1, -0.05) is 124 Å². The van der Waals surface area contributed by atoms with E-state index in [-0.39, 0.29) is 5.16 Å². The first-order valence-corrected chi connectivity index (χ1v) is 12.4. The van der Waals surface area contributed by atoms with Crippen molar-refractivity contribution in [2.75, 3.05) is 0 Å². The summed E-state index contributed by atoms with van der Waals surface area (Å²) in [7, 11) is 0.434. The third kappa shape index (κ3) is 14.9. The number of hydrogen-bond donors (Lipinski definition) is 0. The standard InChI is InChI=1S/C23H47OP/c1-4-7-10-13-15-18-21-23(25-24,20-17-12-9-6-3)22-19-16-14-11-8-5-2/h4-22H2,1-3H3. The summed E-state index contributed by atoms with van der Waals surface area (Å²) in [6, 6.07) is 0. The monoisotopic (exact) mass is 370 g/mol. The van der Waals surface area contributed by atoms with E-state index >= 15 is 0 Å². The summed E-state index contributed by atoms with van der Waals surface area (Å²) in [6.07, 6.45) is 24.9. The molecular formula is C23H47OP. The fraction of sp³-hybridized carbons (Fsp3) is 1.00. The summed E-state index contributed by atoms with van der Waals surface area (Å²) in [5, 5.41) is 0.100. The van der Waals surface area contributed by atoms with Crippen LogP contribution in [-0.2, 0) is 4.57 Å². The van der Waals surface area contributed by atoms with Gasteiger partial charge in [0.2, 0.25) is 0 Å². The Bertz CT molecular complexity index is 261. The predicted octanol–water partition coefficient (Wildman–Crippen LogP) is 9.49. The summed E-state index contributed by atoms with van der Waals surface area (Å²) in [5.41, 5.74) is 0. The minimum atomic E-state index is 0.100. The highest BCUT2D eigenvalue weighted by atomic mass is 31.1. The van der Waals surface area contributed by atoms with Crippen LogP contribution in [0.3, 0.4) is 0 Å². The maximum Gasteiger partial charge on any atom is 0.162 e. The fourth-order valence-corrected chi connectivity index (χ4v) is 4.61. The highest BCUT2D eigenvalue weighted by molar-refractivity contribution is 7.26. The third-order valence-electron chi connectivity index (χ3n) is 5.68. The maximum absolute atomic E-state index is 12.1. The molecule has 1 nitrogen and oxygen atoms in total. The average Bonchev–Trinajstić information content (AvgIpc) is 2.64. The number of unbranched alkanes of at least 4 members (excludes halogenated alkanes) is 13. The summed E-state index contributed by atoms with van der Waals surface area (Å²) in [5.74, 6) is 0. The molecule has 0 aliphatic carbocycles. The number of hydrogen-bond acceptors (Lipinski definition) is 1. The van der Waals surface area contributed by atoms with Crippen molar-refractivity contribution in [3.05, 3.63) is 0 Å². The van der Waals surface area contributed by atoms with Gasteiger partial charge in [0.05, 0.1) is 5.16 Å². The summed E-state index contributed by atoms with van der Waals surface area (Å²) < 4.78 is 12.1. The molecule has 0 aliphatic rings. The Morgan fingerprint density at radius 3 is 1.08 bits per heavy atom. The van der Waals surface area contributed by atoms with Gasteiger partial charge < -0.3 is 0 Å². The normalized spacial score (nSPS) is 12.1. The van der Waals surface area contributed by atoms with Crippen LogP contribution in [0.1, 0.15) is 143 Å². The molecule has 0 rings (SSSR count). The van der Waals surface area contributed by atoms with Crippen LogP contribution in [0, 0.1) is 0 Å². The average molecular weight is 371 g/mol. The molecular weight excluding hydrogens is 323 g/mol. The van der Waals surface area contributed by atoms with Crippen molar-refractivity contribution in [3.63, 3.8) is 0 Å². The molecule has 0 amide bonds. The van der Waals surface area contributed by atoms with E-state index in [0.717, 1.165) is 0 Å². The highest BCUT2D eigenvalue weighted by Gasteiger charge is 2.29. The van der Waals surface area contributed by atoms with E-state index in [2.05, 4.69) is 20.8 Å². The van der Waals surface area contributed by atoms with E-state index in [0.29, 0.717) is 8.46 Å². The van der Waals surface area contributed by atoms with Crippen molar-refractivity contribution < 1.29 is 4.57 Å². The second-order valence-corrected chi connectivity index (χ2v) is 9.29.